The van der Waals surface area contributed by atoms with Gasteiger partial charge in [0.15, 0.2) is 5.78 Å². The summed E-state index contributed by atoms with van der Waals surface area (Å²) in [4.78, 5) is 33.7. The number of aromatic nitrogens is 1. The first-order valence-electron chi connectivity index (χ1n) is 6.33. The number of carbonyl (C=O) groups is 3. The van der Waals surface area contributed by atoms with Crippen molar-refractivity contribution in [1.29, 1.82) is 0 Å². The van der Waals surface area contributed by atoms with E-state index in [2.05, 4.69) is 0 Å². The van der Waals surface area contributed by atoms with Crippen LogP contribution in [-0.2, 0) is 16.1 Å². The summed E-state index contributed by atoms with van der Waals surface area (Å²) >= 11 is 0. The Kier molecular flexibility index (Phi) is 7.10. The monoisotopic (exact) mass is 530 g/mol. The van der Waals surface area contributed by atoms with E-state index in [4.69, 9.17) is 10.8 Å². The van der Waals surface area contributed by atoms with Gasteiger partial charge in [-0.15, -0.1) is 5.69 Å². The molecule has 0 spiro atoms. The minimum Gasteiger partial charge on any atom is -0.697 e. The van der Waals surface area contributed by atoms with Crippen molar-refractivity contribution < 1.29 is 67.9 Å². The van der Waals surface area contributed by atoms with E-state index >= 15 is 0 Å². The molecule has 0 bridgehead atoms. The van der Waals surface area contributed by atoms with Gasteiger partial charge in [0.1, 0.15) is 5.82 Å². The number of carboxylic acids is 1. The number of hydrogen-bond acceptors (Lipinski definition) is 3. The molecular formula is C15H12AcFN2O4-. The molecular weight excluding hydrogens is 518 g/mol. The van der Waals surface area contributed by atoms with Crippen molar-refractivity contribution in [2.24, 2.45) is 0 Å². The first-order valence-corrected chi connectivity index (χ1v) is 6.33. The fourth-order valence-corrected chi connectivity index (χ4v) is 2.01. The minimum absolute atomic E-state index is 0. The average Bonchev–Trinajstić information content (AvgIpc) is 2.82. The summed E-state index contributed by atoms with van der Waals surface area (Å²) < 4.78 is 14.3. The topological polar surface area (TPSA) is 100 Å². The maximum absolute atomic E-state index is 12.9. The Morgan fingerprint density at radius 3 is 2.30 bits per heavy atom. The van der Waals surface area contributed by atoms with Crippen molar-refractivity contribution in [2.45, 2.75) is 13.0 Å². The van der Waals surface area contributed by atoms with E-state index in [0.29, 0.717) is 5.56 Å². The van der Waals surface area contributed by atoms with E-state index in [1.165, 1.54) is 41.1 Å². The van der Waals surface area contributed by atoms with Crippen molar-refractivity contribution in [3.05, 3.63) is 59.3 Å². The van der Waals surface area contributed by atoms with E-state index in [9.17, 15) is 18.8 Å². The van der Waals surface area contributed by atoms with Crippen LogP contribution in [0.2, 0.25) is 0 Å². The Morgan fingerprint density at radius 2 is 1.74 bits per heavy atom. The summed E-state index contributed by atoms with van der Waals surface area (Å²) in [6.45, 7) is 0.210. The number of Topliss-reactive ketones (excluding diaryl/α,β-unsaturated/α-hetero) is 2. The number of benzene rings is 1. The van der Waals surface area contributed by atoms with Crippen molar-refractivity contribution in [3.63, 3.8) is 0 Å². The van der Waals surface area contributed by atoms with Gasteiger partial charge in [0, 0.05) is 56.8 Å². The molecule has 0 saturated heterocycles. The van der Waals surface area contributed by atoms with Crippen LogP contribution in [0.5, 0.6) is 0 Å². The molecule has 2 N–H and O–H groups in total. The average molecular weight is 530 g/mol. The van der Waals surface area contributed by atoms with Gasteiger partial charge in [-0.25, -0.2) is 9.18 Å². The molecule has 23 heavy (non-hydrogen) atoms. The Bertz CT molecular complexity index is 740. The van der Waals surface area contributed by atoms with Crippen LogP contribution in [0.4, 0.5) is 10.1 Å². The molecule has 117 valence electrons. The second-order valence-corrected chi connectivity index (χ2v) is 4.66. The maximum atomic E-state index is 12.9. The number of rotatable bonds is 6. The molecule has 0 unspecified atom stereocenters. The van der Waals surface area contributed by atoms with Gasteiger partial charge in [-0.05, 0) is 17.7 Å². The number of nitrogens with one attached hydrogen (secondary N) is 1. The number of nitrogens with zero attached hydrogens (tertiary/aromatic N) is 1. The molecule has 0 amide bonds. The first-order chi connectivity index (χ1) is 10.4. The standard InChI is InChI=1S/C15H13FN2O4.Ac/c16-10-3-1-9(2-4-10)8-18-6-5-11(17)14(18)12(19)7-13(20)15(21)22;/h1-6H,7-8H2,(H3,17,19,21,22);/p-1. The van der Waals surface area contributed by atoms with Crippen molar-refractivity contribution in [2.75, 3.05) is 0 Å². The molecule has 0 aliphatic heterocycles. The molecule has 0 saturated carbocycles. The summed E-state index contributed by atoms with van der Waals surface area (Å²) in [6, 6.07) is 7.00. The van der Waals surface area contributed by atoms with Crippen LogP contribution in [-0.4, -0.2) is 27.2 Å². The zero-order valence-electron chi connectivity index (χ0n) is 12.0. The normalized spacial score (nSPS) is 9.96. The van der Waals surface area contributed by atoms with Gasteiger partial charge in [0.05, 0.1) is 12.1 Å². The van der Waals surface area contributed by atoms with Crippen LogP contribution >= 0.6 is 0 Å². The second kappa shape index (κ2) is 8.37. The van der Waals surface area contributed by atoms with Gasteiger partial charge in [0.2, 0.25) is 5.78 Å². The van der Waals surface area contributed by atoms with Crippen LogP contribution in [0.25, 0.3) is 5.73 Å². The van der Waals surface area contributed by atoms with Crippen molar-refractivity contribution in [3.8, 4) is 0 Å². The fraction of sp³-hybridized carbons (Fsp3) is 0.133. The van der Waals surface area contributed by atoms with Crippen LogP contribution in [0.15, 0.2) is 36.5 Å². The van der Waals surface area contributed by atoms with E-state index in [-0.39, 0.29) is 67.8 Å². The number of aliphatic carboxylic acids is 1. The third-order valence-corrected chi connectivity index (χ3v) is 3.05. The van der Waals surface area contributed by atoms with Crippen molar-refractivity contribution in [1.82, 2.24) is 4.57 Å². The predicted octanol–water partition coefficient (Wildman–Crippen LogP) is 2.59. The molecule has 1 heterocycles. The molecule has 8 heteroatoms. The van der Waals surface area contributed by atoms with E-state index in [0.717, 1.165) is 0 Å². The van der Waals surface area contributed by atoms with Gasteiger partial charge in [-0.1, -0.05) is 18.2 Å². The predicted molar refractivity (Wildman–Crippen MR) is 75.5 cm³/mol. The SMILES string of the molecule is [Ac].[NH-]c1ccn(Cc2ccc(F)cc2)c1C(=O)CC(=O)C(=O)O. The molecule has 0 aliphatic carbocycles. The summed E-state index contributed by atoms with van der Waals surface area (Å²) in [5.41, 5.74) is 8.28. The Morgan fingerprint density at radius 1 is 1.13 bits per heavy atom. The number of hydrogen-bond donors (Lipinski definition) is 1. The largest absolute Gasteiger partial charge is 0.697 e. The molecule has 0 atom stereocenters. The molecule has 1 aromatic carbocycles. The van der Waals surface area contributed by atoms with E-state index in [1.54, 1.807) is 0 Å². The van der Waals surface area contributed by atoms with Gasteiger partial charge < -0.3 is 15.4 Å². The van der Waals surface area contributed by atoms with Crippen molar-refractivity contribution >= 4 is 23.2 Å². The van der Waals surface area contributed by atoms with Gasteiger partial charge in [-0.3, -0.25) is 9.59 Å². The second-order valence-electron chi connectivity index (χ2n) is 4.66. The van der Waals surface area contributed by atoms with Gasteiger partial charge in [-0.2, -0.15) is 0 Å². The molecule has 0 aliphatic rings. The molecule has 2 aromatic rings. The molecule has 2 rings (SSSR count). The van der Waals surface area contributed by atoms with Gasteiger partial charge in [0.25, 0.3) is 0 Å². The Hall–Kier alpha value is -1.52. The van der Waals surface area contributed by atoms with Crippen LogP contribution in [0.3, 0.4) is 0 Å². The van der Waals surface area contributed by atoms with Crippen LogP contribution < -0.4 is 0 Å². The number of carbonyl (C=O) groups excluding carboxylic acids is 2. The zero-order valence-corrected chi connectivity index (χ0v) is 16.7. The number of halogens is 1. The molecule has 6 nitrogen and oxygen atoms in total. The van der Waals surface area contributed by atoms with Gasteiger partial charge >= 0.3 is 5.97 Å². The summed E-state index contributed by atoms with van der Waals surface area (Å²) in [5.74, 6) is -4.03. The van der Waals surface area contributed by atoms with Crippen LogP contribution in [0, 0.1) is 49.9 Å². The Labute approximate surface area is 167 Å². The quantitative estimate of drug-likeness (QED) is 0.353. The summed E-state index contributed by atoms with van der Waals surface area (Å²) in [7, 11) is 0. The summed E-state index contributed by atoms with van der Waals surface area (Å²) in [5, 5.41) is 8.54. The minimum atomic E-state index is -1.68. The number of carboxylic acid groups (broad SMARTS) is 1. The summed E-state index contributed by atoms with van der Waals surface area (Å²) in [6.07, 6.45) is 0.693. The molecule has 1 aromatic heterocycles. The number of ketones is 2. The fourth-order valence-electron chi connectivity index (χ4n) is 2.01. The molecule has 0 fully saturated rings. The maximum Gasteiger partial charge on any atom is 0.372 e. The zero-order chi connectivity index (χ0) is 16.3. The van der Waals surface area contributed by atoms with E-state index < -0.39 is 24.0 Å². The third kappa shape index (κ3) is 4.98. The third-order valence-electron chi connectivity index (χ3n) is 3.05. The smallest absolute Gasteiger partial charge is 0.372 e. The Balaban J connectivity index is 0.00000264. The first kappa shape index (κ1) is 19.5. The van der Waals surface area contributed by atoms with E-state index in [1.807, 2.05) is 0 Å². The van der Waals surface area contributed by atoms with Crippen LogP contribution in [0.1, 0.15) is 22.5 Å². The molecule has 1 radical (unpaired) electrons.